The van der Waals surface area contributed by atoms with Crippen molar-refractivity contribution in [3.63, 3.8) is 0 Å². The number of thiol groups is 1. The van der Waals surface area contributed by atoms with Gasteiger partial charge in [0.05, 0.1) is 17.0 Å². The summed E-state index contributed by atoms with van der Waals surface area (Å²) in [7, 11) is -4.37. The number of hydrazine groups is 1. The molecule has 0 radical (unpaired) electrons. The minimum absolute atomic E-state index is 0.151. The highest BCUT2D eigenvalue weighted by molar-refractivity contribution is 9.10. The van der Waals surface area contributed by atoms with Crippen LogP contribution >= 0.6 is 40.8 Å². The van der Waals surface area contributed by atoms with E-state index in [-0.39, 0.29) is 17.2 Å². The van der Waals surface area contributed by atoms with Crippen LogP contribution < -0.4 is 26.2 Å². The Morgan fingerprint density at radius 1 is 1.12 bits per heavy atom. The molecule has 14 heteroatoms. The molecule has 2 aromatic carbocycles. The summed E-state index contributed by atoms with van der Waals surface area (Å²) in [5, 5.41) is 5.30. The summed E-state index contributed by atoms with van der Waals surface area (Å²) in [6, 6.07) is 13.1. The largest absolute Gasteiger partial charge is 0.373 e. The minimum Gasteiger partial charge on any atom is -0.373 e. The van der Waals surface area contributed by atoms with Gasteiger partial charge in [0.15, 0.2) is 5.11 Å². The molecule has 0 aliphatic heterocycles. The van der Waals surface area contributed by atoms with Gasteiger partial charge < -0.3 is 15.4 Å². The number of nitrogens with one attached hydrogen (secondary N) is 5. The van der Waals surface area contributed by atoms with Gasteiger partial charge in [-0.25, -0.2) is 0 Å². The average molecular weight is 562 g/mol. The van der Waals surface area contributed by atoms with E-state index in [2.05, 4.69) is 50.0 Å². The molecule has 0 bridgehead atoms. The molecule has 6 N–H and O–H groups in total. The highest BCUT2D eigenvalue weighted by atomic mass is 79.9. The lowest BCUT2D eigenvalue weighted by molar-refractivity contribution is -0.124. The third kappa shape index (κ3) is 9.40. The molecule has 2 aromatic rings. The van der Waals surface area contributed by atoms with Crippen molar-refractivity contribution in [2.45, 2.75) is 11.8 Å². The number of amides is 1. The predicted molar refractivity (Wildman–Crippen MR) is 134 cm³/mol. The molecule has 2 rings (SSSR count). The van der Waals surface area contributed by atoms with E-state index in [4.69, 9.17) is 16.8 Å². The summed E-state index contributed by atoms with van der Waals surface area (Å²) in [4.78, 5) is 23.6. The number of benzene rings is 2. The summed E-state index contributed by atoms with van der Waals surface area (Å²) < 4.78 is 33.2. The number of rotatable bonds is 9. The van der Waals surface area contributed by atoms with Crippen molar-refractivity contribution >= 4 is 85.4 Å². The van der Waals surface area contributed by atoms with Crippen LogP contribution in [0.1, 0.15) is 6.42 Å². The van der Waals surface area contributed by atoms with Crippen LogP contribution in [0.25, 0.3) is 0 Å². The standard InChI is InChI=1S/C18H20BrN5O5S3/c19-12-2-1-3-15(9-12)21-18(31)23-22-16(26)8-11(10-25)17(30)20-13-4-6-14(7-5-13)24-32(27,28)29/h1-7,9-11,17,20,24,30H,8H2,(H,22,26)(H2,21,23,31)(H,27,28,29). The predicted octanol–water partition coefficient (Wildman–Crippen LogP) is 2.55. The van der Waals surface area contributed by atoms with E-state index in [1.807, 2.05) is 16.9 Å². The SMILES string of the molecule is O=CC(CC(=O)NNC(=S)Nc1cccc(Br)c1)C(S)Nc1ccc(NS(=O)(=O)O)cc1. The summed E-state index contributed by atoms with van der Waals surface area (Å²) in [5.74, 6) is -1.25. The van der Waals surface area contributed by atoms with Gasteiger partial charge in [-0.2, -0.15) is 21.0 Å². The monoisotopic (exact) mass is 561 g/mol. The second-order valence-electron chi connectivity index (χ2n) is 6.39. The fraction of sp³-hybridized carbons (Fsp3) is 0.167. The van der Waals surface area contributed by atoms with Crippen molar-refractivity contribution in [3.05, 3.63) is 53.0 Å². The number of hydrogen-bond acceptors (Lipinski definition) is 7. The molecule has 2 unspecified atom stereocenters. The number of anilines is 3. The molecule has 0 aliphatic rings. The maximum absolute atomic E-state index is 12.2. The van der Waals surface area contributed by atoms with Crippen LogP contribution in [-0.4, -0.2) is 35.7 Å². The number of halogens is 1. The summed E-state index contributed by atoms with van der Waals surface area (Å²) >= 11 is 12.8. The van der Waals surface area contributed by atoms with Crippen LogP contribution in [0.3, 0.4) is 0 Å². The molecule has 0 heterocycles. The molecule has 0 spiro atoms. The highest BCUT2D eigenvalue weighted by Gasteiger charge is 2.21. The van der Waals surface area contributed by atoms with E-state index >= 15 is 0 Å². The van der Waals surface area contributed by atoms with Gasteiger partial charge in [-0.05, 0) is 54.7 Å². The Balaban J connectivity index is 1.82. The van der Waals surface area contributed by atoms with Crippen LogP contribution in [0, 0.1) is 5.92 Å². The lowest BCUT2D eigenvalue weighted by Crippen LogP contribution is -2.45. The Labute approximate surface area is 204 Å². The van der Waals surface area contributed by atoms with Gasteiger partial charge >= 0.3 is 10.3 Å². The fourth-order valence-electron chi connectivity index (χ4n) is 2.42. The van der Waals surface area contributed by atoms with E-state index in [1.165, 1.54) is 24.3 Å². The molecule has 0 saturated carbocycles. The van der Waals surface area contributed by atoms with Crippen LogP contribution in [0.4, 0.5) is 17.1 Å². The molecular weight excluding hydrogens is 542 g/mol. The Morgan fingerprint density at radius 2 is 1.78 bits per heavy atom. The van der Waals surface area contributed by atoms with Gasteiger partial charge in [-0.3, -0.25) is 24.9 Å². The summed E-state index contributed by atoms with van der Waals surface area (Å²) in [6.45, 7) is 0. The second kappa shape index (κ2) is 12.0. The Bertz CT molecular complexity index is 1070. The molecule has 0 fully saturated rings. The molecule has 0 aliphatic carbocycles. The van der Waals surface area contributed by atoms with Crippen molar-refractivity contribution < 1.29 is 22.6 Å². The van der Waals surface area contributed by atoms with Crippen LogP contribution in [0.2, 0.25) is 0 Å². The van der Waals surface area contributed by atoms with Gasteiger partial charge in [0.1, 0.15) is 6.29 Å². The normalized spacial score (nSPS) is 12.7. The second-order valence-corrected chi connectivity index (χ2v) is 9.42. The molecule has 32 heavy (non-hydrogen) atoms. The van der Waals surface area contributed by atoms with Crippen molar-refractivity contribution in [3.8, 4) is 0 Å². The van der Waals surface area contributed by atoms with E-state index in [9.17, 15) is 18.0 Å². The Kier molecular flexibility index (Phi) is 9.71. The van der Waals surface area contributed by atoms with Crippen LogP contribution in [0.5, 0.6) is 0 Å². The van der Waals surface area contributed by atoms with Gasteiger partial charge in [0.2, 0.25) is 5.91 Å². The molecular formula is C18H20BrN5O5S3. The third-order valence-electron chi connectivity index (χ3n) is 3.85. The van der Waals surface area contributed by atoms with Crippen molar-refractivity contribution in [2.24, 2.45) is 5.92 Å². The molecule has 2 atom stereocenters. The topological polar surface area (TPSA) is 149 Å². The molecule has 1 amide bonds. The maximum Gasteiger partial charge on any atom is 0.357 e. The van der Waals surface area contributed by atoms with Crippen molar-refractivity contribution in [2.75, 3.05) is 15.4 Å². The number of carbonyl (C=O) groups is 2. The first-order valence-electron chi connectivity index (χ1n) is 8.92. The lowest BCUT2D eigenvalue weighted by Gasteiger charge is -2.21. The van der Waals surface area contributed by atoms with E-state index in [1.54, 1.807) is 12.1 Å². The first-order chi connectivity index (χ1) is 15.1. The zero-order chi connectivity index (χ0) is 23.7. The fourth-order valence-corrected chi connectivity index (χ4v) is 3.74. The van der Waals surface area contributed by atoms with Gasteiger partial charge in [-0.1, -0.05) is 22.0 Å². The quantitative estimate of drug-likeness (QED) is 0.0612. The summed E-state index contributed by atoms with van der Waals surface area (Å²) in [5.41, 5.74) is 6.37. The highest BCUT2D eigenvalue weighted by Crippen LogP contribution is 2.20. The first kappa shape index (κ1) is 25.9. The summed E-state index contributed by atoms with van der Waals surface area (Å²) in [6.07, 6.45) is 0.441. The molecule has 0 saturated heterocycles. The zero-order valence-electron chi connectivity index (χ0n) is 16.3. The van der Waals surface area contributed by atoms with Gasteiger partial charge in [0.25, 0.3) is 0 Å². The van der Waals surface area contributed by atoms with Crippen LogP contribution in [-0.2, 0) is 19.9 Å². The number of hydrogen-bond donors (Lipinski definition) is 7. The van der Waals surface area contributed by atoms with Gasteiger partial charge in [-0.15, -0.1) is 0 Å². The average Bonchev–Trinajstić information content (AvgIpc) is 2.71. The number of carbonyl (C=O) groups excluding carboxylic acids is 2. The molecule has 0 aromatic heterocycles. The number of aldehydes is 1. The zero-order valence-corrected chi connectivity index (χ0v) is 20.4. The molecule has 172 valence electrons. The van der Waals surface area contributed by atoms with E-state index < -0.39 is 27.5 Å². The van der Waals surface area contributed by atoms with Crippen molar-refractivity contribution in [1.82, 2.24) is 10.9 Å². The Hall–Kier alpha value is -2.39. The van der Waals surface area contributed by atoms with E-state index in [0.717, 1.165) is 4.47 Å². The van der Waals surface area contributed by atoms with Crippen LogP contribution in [0.15, 0.2) is 53.0 Å². The maximum atomic E-state index is 12.2. The van der Waals surface area contributed by atoms with E-state index in [0.29, 0.717) is 17.7 Å². The number of thiocarbonyl (C=S) groups is 1. The lowest BCUT2D eigenvalue weighted by atomic mass is 10.1. The third-order valence-corrected chi connectivity index (χ3v) is 5.55. The first-order valence-corrected chi connectivity index (χ1v) is 12.1. The smallest absolute Gasteiger partial charge is 0.357 e. The minimum atomic E-state index is -4.37. The van der Waals surface area contributed by atoms with Gasteiger partial charge in [0, 0.05) is 22.3 Å². The Morgan fingerprint density at radius 3 is 2.38 bits per heavy atom. The van der Waals surface area contributed by atoms with Crippen molar-refractivity contribution in [1.29, 1.82) is 0 Å². The molecule has 10 nitrogen and oxygen atoms in total.